The van der Waals surface area contributed by atoms with E-state index in [0.29, 0.717) is 0 Å². The van der Waals surface area contributed by atoms with E-state index in [2.05, 4.69) is 10.4 Å². The maximum atomic E-state index is 11.6. The minimum Gasteiger partial charge on any atom is -0.357 e. The number of hydrogen-bond donors (Lipinski definition) is 1. The first kappa shape index (κ1) is 10.8. The summed E-state index contributed by atoms with van der Waals surface area (Å²) in [5, 5.41) is 6.94. The second-order valence-electron chi connectivity index (χ2n) is 3.98. The molecule has 1 N–H and O–H groups in total. The van der Waals surface area contributed by atoms with Gasteiger partial charge in [-0.2, -0.15) is 5.10 Å². The summed E-state index contributed by atoms with van der Waals surface area (Å²) in [6.07, 6.45) is 1.89. The zero-order chi connectivity index (χ0) is 10.9. The Balaban J connectivity index is 3.09. The van der Waals surface area contributed by atoms with Crippen molar-refractivity contribution in [3.8, 4) is 0 Å². The lowest BCUT2D eigenvalue weighted by atomic mass is 10.1. The van der Waals surface area contributed by atoms with Gasteiger partial charge < -0.3 is 5.32 Å². The number of rotatable bonds is 2. The fourth-order valence-electron chi connectivity index (χ4n) is 1.24. The zero-order valence-corrected chi connectivity index (χ0v) is 9.38. The predicted molar refractivity (Wildman–Crippen MR) is 55.1 cm³/mol. The Morgan fingerprint density at radius 1 is 1.50 bits per heavy atom. The van der Waals surface area contributed by atoms with Gasteiger partial charge in [0.1, 0.15) is 5.54 Å². The molecular weight excluding hydrogens is 178 g/mol. The molecule has 0 bridgehead atoms. The van der Waals surface area contributed by atoms with Crippen LogP contribution in [-0.4, -0.2) is 22.7 Å². The normalized spacial score (nSPS) is 11.5. The average molecular weight is 195 g/mol. The molecule has 0 spiro atoms. The highest BCUT2D eigenvalue weighted by molar-refractivity contribution is 5.83. The van der Waals surface area contributed by atoms with Gasteiger partial charge in [0.25, 0.3) is 0 Å². The Bertz CT molecular complexity index is 333. The van der Waals surface area contributed by atoms with Crippen molar-refractivity contribution in [3.05, 3.63) is 17.5 Å². The lowest BCUT2D eigenvalue weighted by Crippen LogP contribution is -2.43. The topological polar surface area (TPSA) is 46.9 Å². The third-order valence-electron chi connectivity index (χ3n) is 2.50. The number of likely N-dealkylation sites (N-methyl/N-ethyl adjacent to an activating group) is 1. The first-order valence-electron chi connectivity index (χ1n) is 4.65. The standard InChI is InChI=1S/C10H17N3O/c1-7-6-13(12-8(7)2)10(3,4)9(14)11-5/h6H,1-5H3,(H,11,14). The number of carbonyl (C=O) groups excluding carboxylic acids is 1. The van der Waals surface area contributed by atoms with Crippen LogP contribution in [0.2, 0.25) is 0 Å². The highest BCUT2D eigenvalue weighted by Crippen LogP contribution is 2.16. The molecule has 0 saturated heterocycles. The zero-order valence-electron chi connectivity index (χ0n) is 9.38. The molecule has 4 heteroatoms. The number of amides is 1. The van der Waals surface area contributed by atoms with Crippen LogP contribution < -0.4 is 5.32 Å². The molecule has 0 fully saturated rings. The van der Waals surface area contributed by atoms with Crippen LogP contribution in [0.25, 0.3) is 0 Å². The van der Waals surface area contributed by atoms with Crippen molar-refractivity contribution in [2.45, 2.75) is 33.2 Å². The largest absolute Gasteiger partial charge is 0.357 e. The summed E-state index contributed by atoms with van der Waals surface area (Å²) in [6.45, 7) is 7.61. The van der Waals surface area contributed by atoms with E-state index >= 15 is 0 Å². The van der Waals surface area contributed by atoms with E-state index in [4.69, 9.17) is 0 Å². The molecule has 0 aliphatic carbocycles. The Kier molecular flexibility index (Phi) is 2.64. The quantitative estimate of drug-likeness (QED) is 0.764. The Morgan fingerprint density at radius 3 is 2.43 bits per heavy atom. The Labute approximate surface area is 84.3 Å². The van der Waals surface area contributed by atoms with E-state index in [9.17, 15) is 4.79 Å². The van der Waals surface area contributed by atoms with Crippen LogP contribution in [0.3, 0.4) is 0 Å². The molecule has 0 unspecified atom stereocenters. The van der Waals surface area contributed by atoms with Crippen molar-refractivity contribution in [2.75, 3.05) is 7.05 Å². The van der Waals surface area contributed by atoms with Crippen molar-refractivity contribution < 1.29 is 4.79 Å². The van der Waals surface area contributed by atoms with Crippen molar-refractivity contribution in [1.82, 2.24) is 15.1 Å². The molecule has 4 nitrogen and oxygen atoms in total. The lowest BCUT2D eigenvalue weighted by Gasteiger charge is -2.23. The first-order chi connectivity index (χ1) is 6.39. The molecule has 1 aromatic heterocycles. The SMILES string of the molecule is CNC(=O)C(C)(C)n1cc(C)c(C)n1. The van der Waals surface area contributed by atoms with Gasteiger partial charge in [-0.1, -0.05) is 0 Å². The van der Waals surface area contributed by atoms with Crippen LogP contribution in [0.1, 0.15) is 25.1 Å². The maximum absolute atomic E-state index is 11.6. The lowest BCUT2D eigenvalue weighted by molar-refractivity contribution is -0.128. The minimum absolute atomic E-state index is 0.0417. The van der Waals surface area contributed by atoms with Crippen LogP contribution in [-0.2, 0) is 10.3 Å². The molecule has 0 aliphatic rings. The predicted octanol–water partition coefficient (Wildman–Crippen LogP) is 0.981. The van der Waals surface area contributed by atoms with Gasteiger partial charge in [-0.25, -0.2) is 0 Å². The summed E-state index contributed by atoms with van der Waals surface area (Å²) in [7, 11) is 1.63. The smallest absolute Gasteiger partial charge is 0.247 e. The second-order valence-corrected chi connectivity index (χ2v) is 3.98. The highest BCUT2D eigenvalue weighted by atomic mass is 16.2. The van der Waals surface area contributed by atoms with E-state index < -0.39 is 5.54 Å². The molecule has 1 amide bonds. The van der Waals surface area contributed by atoms with E-state index in [1.54, 1.807) is 11.7 Å². The van der Waals surface area contributed by atoms with Gasteiger partial charge in [0.05, 0.1) is 5.69 Å². The molecule has 0 atom stereocenters. The van der Waals surface area contributed by atoms with Crippen molar-refractivity contribution in [1.29, 1.82) is 0 Å². The van der Waals surface area contributed by atoms with Crippen LogP contribution in [0.15, 0.2) is 6.20 Å². The molecule has 1 aromatic rings. The van der Waals surface area contributed by atoms with Gasteiger partial charge in [0.15, 0.2) is 0 Å². The van der Waals surface area contributed by atoms with E-state index in [0.717, 1.165) is 11.3 Å². The fourth-order valence-corrected chi connectivity index (χ4v) is 1.24. The molecule has 1 rings (SSSR count). The molecule has 0 saturated carbocycles. The van der Waals surface area contributed by atoms with E-state index in [1.807, 2.05) is 33.9 Å². The molecule has 78 valence electrons. The van der Waals surface area contributed by atoms with Gasteiger partial charge in [0, 0.05) is 13.2 Å². The highest BCUT2D eigenvalue weighted by Gasteiger charge is 2.29. The average Bonchev–Trinajstić information content (AvgIpc) is 2.46. The van der Waals surface area contributed by atoms with Crippen LogP contribution >= 0.6 is 0 Å². The minimum atomic E-state index is -0.631. The summed E-state index contributed by atoms with van der Waals surface area (Å²) in [4.78, 5) is 11.6. The van der Waals surface area contributed by atoms with Gasteiger partial charge in [0.2, 0.25) is 5.91 Å². The maximum Gasteiger partial charge on any atom is 0.247 e. The summed E-state index contributed by atoms with van der Waals surface area (Å²) >= 11 is 0. The van der Waals surface area contributed by atoms with Gasteiger partial charge in [-0.15, -0.1) is 0 Å². The molecule has 14 heavy (non-hydrogen) atoms. The fraction of sp³-hybridized carbons (Fsp3) is 0.600. The van der Waals surface area contributed by atoms with Crippen molar-refractivity contribution in [2.24, 2.45) is 0 Å². The second kappa shape index (κ2) is 3.44. The molecule has 0 radical (unpaired) electrons. The monoisotopic (exact) mass is 195 g/mol. The number of aromatic nitrogens is 2. The number of nitrogens with one attached hydrogen (secondary N) is 1. The van der Waals surface area contributed by atoms with E-state index in [1.165, 1.54) is 0 Å². The van der Waals surface area contributed by atoms with Crippen LogP contribution in [0.5, 0.6) is 0 Å². The summed E-state index contributed by atoms with van der Waals surface area (Å²) in [5.41, 5.74) is 1.43. The van der Waals surface area contributed by atoms with Gasteiger partial charge in [-0.3, -0.25) is 9.48 Å². The molecule has 1 heterocycles. The number of carbonyl (C=O) groups is 1. The number of nitrogens with zero attached hydrogens (tertiary/aromatic N) is 2. The van der Waals surface area contributed by atoms with Gasteiger partial charge in [-0.05, 0) is 33.3 Å². The van der Waals surface area contributed by atoms with E-state index in [-0.39, 0.29) is 5.91 Å². The summed E-state index contributed by atoms with van der Waals surface area (Å²) < 4.78 is 1.70. The Morgan fingerprint density at radius 2 is 2.07 bits per heavy atom. The van der Waals surface area contributed by atoms with Crippen molar-refractivity contribution in [3.63, 3.8) is 0 Å². The molecule has 0 aliphatic heterocycles. The van der Waals surface area contributed by atoms with Crippen LogP contribution in [0, 0.1) is 13.8 Å². The molecular formula is C10H17N3O. The summed E-state index contributed by atoms with van der Waals surface area (Å²) in [5.74, 6) is -0.0417. The number of aryl methyl sites for hydroxylation is 2. The molecule has 0 aromatic carbocycles. The van der Waals surface area contributed by atoms with Crippen LogP contribution in [0.4, 0.5) is 0 Å². The number of hydrogen-bond acceptors (Lipinski definition) is 2. The Hall–Kier alpha value is -1.32. The van der Waals surface area contributed by atoms with Gasteiger partial charge >= 0.3 is 0 Å². The first-order valence-corrected chi connectivity index (χ1v) is 4.65. The third kappa shape index (κ3) is 1.64. The summed E-state index contributed by atoms with van der Waals surface area (Å²) in [6, 6.07) is 0. The van der Waals surface area contributed by atoms with Crippen molar-refractivity contribution >= 4 is 5.91 Å². The third-order valence-corrected chi connectivity index (χ3v) is 2.50.